The summed E-state index contributed by atoms with van der Waals surface area (Å²) in [6.45, 7) is 4.60. The number of carbonyl (C=O) groups excluding carboxylic acids is 3. The minimum Gasteiger partial charge on any atom is -0.493 e. The van der Waals surface area contributed by atoms with Crippen LogP contribution in [0.25, 0.3) is 6.08 Å². The third kappa shape index (κ3) is 5.20. The molecule has 0 bridgehead atoms. The molecule has 2 aliphatic heterocycles. The van der Waals surface area contributed by atoms with Gasteiger partial charge in [0.1, 0.15) is 6.54 Å². The summed E-state index contributed by atoms with van der Waals surface area (Å²) < 4.78 is 10.9. The Hall–Kier alpha value is -3.46. The highest BCUT2D eigenvalue weighted by Gasteiger charge is 2.37. The number of methoxy groups -OCH3 is 1. The highest BCUT2D eigenvalue weighted by Crippen LogP contribution is 2.34. The van der Waals surface area contributed by atoms with Crippen LogP contribution < -0.4 is 14.4 Å². The number of piperazine rings is 1. The molecule has 0 N–H and O–H groups in total. The quantitative estimate of drug-likeness (QED) is 0.560. The predicted molar refractivity (Wildman–Crippen MR) is 132 cm³/mol. The van der Waals surface area contributed by atoms with Gasteiger partial charge in [-0.2, -0.15) is 0 Å². The molecule has 0 atom stereocenters. The maximum atomic E-state index is 12.9. The van der Waals surface area contributed by atoms with E-state index in [1.807, 2.05) is 37.3 Å². The monoisotopic (exact) mass is 481 g/mol. The van der Waals surface area contributed by atoms with E-state index in [4.69, 9.17) is 9.47 Å². The van der Waals surface area contributed by atoms with Gasteiger partial charge in [-0.15, -0.1) is 0 Å². The number of anilines is 1. The molecule has 178 valence electrons. The first-order valence-electron chi connectivity index (χ1n) is 11.1. The molecule has 2 aliphatic rings. The van der Waals surface area contributed by atoms with E-state index in [0.717, 1.165) is 22.3 Å². The fraction of sp³-hybridized carbons (Fsp3) is 0.320. The van der Waals surface area contributed by atoms with Crippen molar-refractivity contribution in [2.75, 3.05) is 51.3 Å². The Bertz CT molecular complexity index is 1100. The van der Waals surface area contributed by atoms with Crippen molar-refractivity contribution in [2.24, 2.45) is 0 Å². The lowest BCUT2D eigenvalue weighted by Crippen LogP contribution is -2.51. The van der Waals surface area contributed by atoms with Gasteiger partial charge in [-0.05, 0) is 54.6 Å². The SMILES string of the molecule is CCOc1cc(/C=C2/SC(=O)N(CC(=O)N3CCN(c4ccccc4)CC3)C2=O)ccc1OC. The first-order chi connectivity index (χ1) is 16.5. The van der Waals surface area contributed by atoms with Crippen LogP contribution in [0.5, 0.6) is 11.5 Å². The van der Waals surface area contributed by atoms with Crippen LogP contribution in [0.15, 0.2) is 53.4 Å². The van der Waals surface area contributed by atoms with Gasteiger partial charge < -0.3 is 19.3 Å². The zero-order chi connectivity index (χ0) is 24.1. The molecule has 2 saturated heterocycles. The lowest BCUT2D eigenvalue weighted by Gasteiger charge is -2.36. The molecule has 0 saturated carbocycles. The van der Waals surface area contributed by atoms with Crippen LogP contribution in [-0.4, -0.2) is 73.3 Å². The Morgan fingerprint density at radius 1 is 1.03 bits per heavy atom. The summed E-state index contributed by atoms with van der Waals surface area (Å²) in [4.78, 5) is 43.5. The standard InChI is InChI=1S/C25H27N3O5S/c1-3-33-21-15-18(9-10-20(21)32-2)16-22-24(30)28(25(31)34-22)17-23(29)27-13-11-26(12-14-27)19-7-5-4-6-8-19/h4-10,15-16H,3,11-14,17H2,1-2H3/b22-16+. The Morgan fingerprint density at radius 3 is 2.44 bits per heavy atom. The van der Waals surface area contributed by atoms with Gasteiger partial charge in [0.25, 0.3) is 11.1 Å². The summed E-state index contributed by atoms with van der Waals surface area (Å²) in [5, 5.41) is -0.439. The second-order valence-corrected chi connectivity index (χ2v) is 8.81. The van der Waals surface area contributed by atoms with Crippen molar-refractivity contribution in [3.63, 3.8) is 0 Å². The number of ether oxygens (including phenoxy) is 2. The lowest BCUT2D eigenvalue weighted by atomic mass is 10.2. The van der Waals surface area contributed by atoms with Crippen LogP contribution in [0.4, 0.5) is 10.5 Å². The minimum atomic E-state index is -0.458. The largest absolute Gasteiger partial charge is 0.493 e. The molecule has 4 rings (SSSR count). The van der Waals surface area contributed by atoms with E-state index in [9.17, 15) is 14.4 Å². The van der Waals surface area contributed by atoms with Crippen LogP contribution in [0.3, 0.4) is 0 Å². The maximum absolute atomic E-state index is 12.9. The molecule has 9 heteroatoms. The van der Waals surface area contributed by atoms with Crippen molar-refractivity contribution in [2.45, 2.75) is 6.92 Å². The molecule has 0 aliphatic carbocycles. The van der Waals surface area contributed by atoms with Crippen molar-refractivity contribution in [3.05, 3.63) is 59.0 Å². The second-order valence-electron chi connectivity index (χ2n) is 7.81. The molecular formula is C25H27N3O5S. The average Bonchev–Trinajstić information content (AvgIpc) is 3.12. The van der Waals surface area contributed by atoms with Gasteiger partial charge in [0.2, 0.25) is 5.91 Å². The molecule has 8 nitrogen and oxygen atoms in total. The van der Waals surface area contributed by atoms with Crippen LogP contribution in [0, 0.1) is 0 Å². The zero-order valence-corrected chi connectivity index (χ0v) is 20.0. The van der Waals surface area contributed by atoms with E-state index < -0.39 is 11.1 Å². The molecule has 34 heavy (non-hydrogen) atoms. The average molecular weight is 482 g/mol. The van der Waals surface area contributed by atoms with Crippen molar-refractivity contribution in [1.29, 1.82) is 0 Å². The van der Waals surface area contributed by atoms with Gasteiger partial charge in [0.05, 0.1) is 18.6 Å². The number of benzene rings is 2. The third-order valence-electron chi connectivity index (χ3n) is 5.71. The number of rotatable bonds is 7. The van der Waals surface area contributed by atoms with Crippen molar-refractivity contribution >= 4 is 40.6 Å². The fourth-order valence-corrected chi connectivity index (χ4v) is 4.77. The number of nitrogens with zero attached hydrogens (tertiary/aromatic N) is 3. The molecule has 3 amide bonds. The van der Waals surface area contributed by atoms with E-state index in [1.54, 1.807) is 36.3 Å². The number of hydrogen-bond donors (Lipinski definition) is 0. The van der Waals surface area contributed by atoms with E-state index in [0.29, 0.717) is 49.8 Å². The normalized spacial score (nSPS) is 17.5. The fourth-order valence-electron chi connectivity index (χ4n) is 3.93. The Morgan fingerprint density at radius 2 is 1.76 bits per heavy atom. The number of thioether (sulfide) groups is 1. The molecule has 0 spiro atoms. The molecule has 0 aromatic heterocycles. The molecule has 2 aromatic carbocycles. The second kappa shape index (κ2) is 10.6. The Labute approximate surface area is 203 Å². The Kier molecular flexibility index (Phi) is 7.42. The van der Waals surface area contributed by atoms with Crippen molar-refractivity contribution in [1.82, 2.24) is 9.80 Å². The summed E-state index contributed by atoms with van der Waals surface area (Å²) in [6, 6.07) is 15.3. The van der Waals surface area contributed by atoms with E-state index in [1.165, 1.54) is 0 Å². The highest BCUT2D eigenvalue weighted by molar-refractivity contribution is 8.18. The number of amides is 3. The molecule has 2 fully saturated rings. The smallest absolute Gasteiger partial charge is 0.294 e. The minimum absolute atomic E-state index is 0.223. The zero-order valence-electron chi connectivity index (χ0n) is 19.2. The Balaban J connectivity index is 1.38. The van der Waals surface area contributed by atoms with Gasteiger partial charge in [-0.3, -0.25) is 19.3 Å². The van der Waals surface area contributed by atoms with Gasteiger partial charge in [0.15, 0.2) is 11.5 Å². The number of hydrogen-bond acceptors (Lipinski definition) is 7. The topological polar surface area (TPSA) is 79.4 Å². The van der Waals surface area contributed by atoms with E-state index >= 15 is 0 Å². The summed E-state index contributed by atoms with van der Waals surface area (Å²) in [7, 11) is 1.56. The third-order valence-corrected chi connectivity index (χ3v) is 6.61. The van der Waals surface area contributed by atoms with Gasteiger partial charge in [-0.25, -0.2) is 0 Å². The van der Waals surface area contributed by atoms with Gasteiger partial charge in [-0.1, -0.05) is 24.3 Å². The van der Waals surface area contributed by atoms with Gasteiger partial charge in [0, 0.05) is 31.9 Å². The van der Waals surface area contributed by atoms with E-state index in [2.05, 4.69) is 4.90 Å². The van der Waals surface area contributed by atoms with Crippen molar-refractivity contribution < 1.29 is 23.9 Å². The van der Waals surface area contributed by atoms with Crippen LogP contribution in [0.2, 0.25) is 0 Å². The summed E-state index contributed by atoms with van der Waals surface area (Å²) in [5.74, 6) is 0.465. The van der Waals surface area contributed by atoms with Crippen LogP contribution >= 0.6 is 11.8 Å². The van der Waals surface area contributed by atoms with Gasteiger partial charge >= 0.3 is 0 Å². The molecule has 0 radical (unpaired) electrons. The van der Waals surface area contributed by atoms with E-state index in [-0.39, 0.29) is 17.4 Å². The summed E-state index contributed by atoms with van der Waals surface area (Å²) in [5.41, 5.74) is 1.83. The molecular weight excluding hydrogens is 454 g/mol. The maximum Gasteiger partial charge on any atom is 0.294 e. The number of para-hydroxylation sites is 1. The van der Waals surface area contributed by atoms with Crippen LogP contribution in [-0.2, 0) is 9.59 Å². The lowest BCUT2D eigenvalue weighted by molar-refractivity contribution is -0.136. The number of carbonyl (C=O) groups is 3. The summed E-state index contributed by atoms with van der Waals surface area (Å²) >= 11 is 0.840. The van der Waals surface area contributed by atoms with Crippen LogP contribution in [0.1, 0.15) is 12.5 Å². The molecule has 0 unspecified atom stereocenters. The molecule has 2 aromatic rings. The predicted octanol–water partition coefficient (Wildman–Crippen LogP) is 3.48. The van der Waals surface area contributed by atoms with Crippen molar-refractivity contribution in [3.8, 4) is 11.5 Å². The first-order valence-corrected chi connectivity index (χ1v) is 12.0. The molecule has 2 heterocycles. The highest BCUT2D eigenvalue weighted by atomic mass is 32.2. The number of imide groups is 1. The summed E-state index contributed by atoms with van der Waals surface area (Å²) in [6.07, 6.45) is 1.63. The first kappa shape index (κ1) is 23.7.